The van der Waals surface area contributed by atoms with Crippen LogP contribution < -0.4 is 0 Å². The van der Waals surface area contributed by atoms with Crippen molar-refractivity contribution in [2.75, 3.05) is 7.11 Å². The fraction of sp³-hybridized carbons (Fsp3) is 0.920. The Kier molecular flexibility index (Phi) is 5.18. The molecule has 0 radical (unpaired) electrons. The third kappa shape index (κ3) is 3.08. The van der Waals surface area contributed by atoms with Crippen LogP contribution in [0.2, 0.25) is 0 Å². The van der Waals surface area contributed by atoms with Crippen molar-refractivity contribution in [2.24, 2.45) is 34.5 Å². The summed E-state index contributed by atoms with van der Waals surface area (Å²) in [5.41, 5.74) is 0.393. The predicted octanol–water partition coefficient (Wildman–Crippen LogP) is 5.58. The molecule has 152 valence electrons. The molecule has 0 heterocycles. The summed E-state index contributed by atoms with van der Waals surface area (Å²) in [5, 5.41) is 11.2. The Morgan fingerprint density at radius 3 is 2.48 bits per heavy atom. The van der Waals surface area contributed by atoms with E-state index < -0.39 is 5.60 Å². The van der Waals surface area contributed by atoms with E-state index in [4.69, 9.17) is 4.74 Å². The summed E-state index contributed by atoms with van der Waals surface area (Å²) < 4.78 is 5.93. The van der Waals surface area contributed by atoms with E-state index in [0.29, 0.717) is 22.9 Å². The van der Waals surface area contributed by atoms with Crippen molar-refractivity contribution in [3.8, 4) is 11.8 Å². The molecule has 0 bridgehead atoms. The average molecular weight is 373 g/mol. The SMILES string of the molecule is CC#CCC[C@@]1(O)CC[C@@]2(C)[C@H](CC[C@@H]3[C@@H]2CC[C@]2(C)[C@@H](OC)CC[C@@H]32)C1. The highest BCUT2D eigenvalue weighted by atomic mass is 16.5. The Bertz CT molecular complexity index is 618. The van der Waals surface area contributed by atoms with Gasteiger partial charge in [-0.25, -0.2) is 0 Å². The zero-order valence-corrected chi connectivity index (χ0v) is 18.0. The second-order valence-corrected chi connectivity index (χ2v) is 10.9. The molecule has 0 aromatic heterocycles. The lowest BCUT2D eigenvalue weighted by Crippen LogP contribution is -2.56. The quantitative estimate of drug-likeness (QED) is 0.655. The number of fused-ring (bicyclic) bond motifs is 5. The molecule has 0 aromatic rings. The highest BCUT2D eigenvalue weighted by Gasteiger charge is 2.61. The minimum atomic E-state index is -0.460. The third-order valence-corrected chi connectivity index (χ3v) is 9.91. The van der Waals surface area contributed by atoms with Crippen molar-refractivity contribution >= 4 is 0 Å². The molecule has 0 aromatic carbocycles. The van der Waals surface area contributed by atoms with Crippen molar-refractivity contribution < 1.29 is 9.84 Å². The van der Waals surface area contributed by atoms with Gasteiger partial charge in [-0.2, -0.15) is 0 Å². The van der Waals surface area contributed by atoms with Crippen molar-refractivity contribution in [1.82, 2.24) is 0 Å². The molecule has 0 aliphatic heterocycles. The molecule has 4 fully saturated rings. The largest absolute Gasteiger partial charge is 0.390 e. The molecule has 0 unspecified atom stereocenters. The normalized spacial score (nSPS) is 51.5. The molecule has 4 saturated carbocycles. The smallest absolute Gasteiger partial charge is 0.0660 e. The van der Waals surface area contributed by atoms with E-state index in [1.165, 1.54) is 44.9 Å². The van der Waals surface area contributed by atoms with Gasteiger partial charge in [0, 0.05) is 13.5 Å². The summed E-state index contributed by atoms with van der Waals surface area (Å²) in [5.74, 6) is 9.47. The Morgan fingerprint density at radius 1 is 0.963 bits per heavy atom. The van der Waals surface area contributed by atoms with Gasteiger partial charge in [-0.05, 0) is 106 Å². The van der Waals surface area contributed by atoms with Crippen LogP contribution in [-0.2, 0) is 4.74 Å². The Labute approximate surface area is 166 Å². The summed E-state index contributed by atoms with van der Waals surface area (Å²) >= 11 is 0. The molecule has 1 N–H and O–H groups in total. The van der Waals surface area contributed by atoms with E-state index in [0.717, 1.165) is 43.4 Å². The van der Waals surface area contributed by atoms with Crippen LogP contribution >= 0.6 is 0 Å². The predicted molar refractivity (Wildman–Crippen MR) is 110 cm³/mol. The van der Waals surface area contributed by atoms with E-state index in [1.54, 1.807) is 0 Å². The maximum Gasteiger partial charge on any atom is 0.0660 e. The second-order valence-electron chi connectivity index (χ2n) is 10.9. The Balaban J connectivity index is 1.51. The molecular weight excluding hydrogens is 332 g/mol. The zero-order chi connectivity index (χ0) is 19.3. The van der Waals surface area contributed by atoms with Crippen LogP contribution in [0.25, 0.3) is 0 Å². The van der Waals surface area contributed by atoms with Crippen LogP contribution in [0.4, 0.5) is 0 Å². The first-order chi connectivity index (χ1) is 12.9. The van der Waals surface area contributed by atoms with Gasteiger partial charge in [0.2, 0.25) is 0 Å². The first kappa shape index (κ1) is 19.8. The number of aliphatic hydroxyl groups is 1. The van der Waals surface area contributed by atoms with E-state index in [9.17, 15) is 5.11 Å². The standard InChI is InChI=1S/C25H40O2/c1-5-6-7-13-25(26)16-15-23(2)18(17-25)8-9-19-20-10-11-22(27-4)24(20,3)14-12-21(19)23/h18-22,26H,7-17H2,1-4H3/t18-,19+,20+,21+,22+,23+,24+,25-/m1/s1. The van der Waals surface area contributed by atoms with Crippen LogP contribution in [0.5, 0.6) is 0 Å². The molecule has 4 aliphatic rings. The van der Waals surface area contributed by atoms with Gasteiger partial charge in [-0.15, -0.1) is 11.8 Å². The van der Waals surface area contributed by atoms with Gasteiger partial charge in [0.1, 0.15) is 0 Å². The topological polar surface area (TPSA) is 29.5 Å². The Morgan fingerprint density at radius 2 is 1.74 bits per heavy atom. The molecule has 2 heteroatoms. The highest BCUT2D eigenvalue weighted by Crippen LogP contribution is 2.67. The van der Waals surface area contributed by atoms with Crippen molar-refractivity contribution in [3.63, 3.8) is 0 Å². The summed E-state index contributed by atoms with van der Waals surface area (Å²) in [6, 6.07) is 0. The van der Waals surface area contributed by atoms with Gasteiger partial charge in [0.05, 0.1) is 11.7 Å². The van der Waals surface area contributed by atoms with Gasteiger partial charge >= 0.3 is 0 Å². The maximum absolute atomic E-state index is 11.2. The summed E-state index contributed by atoms with van der Waals surface area (Å²) in [6.45, 7) is 7.01. The fourth-order valence-electron chi connectivity index (χ4n) is 8.31. The first-order valence-electron chi connectivity index (χ1n) is 11.5. The maximum atomic E-state index is 11.2. The number of rotatable bonds is 3. The molecular formula is C25H40O2. The number of ether oxygens (including phenoxy) is 1. The van der Waals surface area contributed by atoms with E-state index in [1.807, 2.05) is 14.0 Å². The van der Waals surface area contributed by atoms with Crippen LogP contribution in [0.15, 0.2) is 0 Å². The van der Waals surface area contributed by atoms with Gasteiger partial charge in [-0.3, -0.25) is 0 Å². The molecule has 0 spiro atoms. The lowest BCUT2D eigenvalue weighted by Gasteiger charge is -2.62. The number of methoxy groups -OCH3 is 1. The third-order valence-electron chi connectivity index (χ3n) is 9.91. The van der Waals surface area contributed by atoms with Gasteiger partial charge < -0.3 is 9.84 Å². The Hall–Kier alpha value is -0.520. The second kappa shape index (κ2) is 7.07. The van der Waals surface area contributed by atoms with Crippen LogP contribution in [0.1, 0.15) is 91.4 Å². The fourth-order valence-corrected chi connectivity index (χ4v) is 8.31. The van der Waals surface area contributed by atoms with Gasteiger partial charge in [0.25, 0.3) is 0 Å². The lowest BCUT2D eigenvalue weighted by molar-refractivity contribution is -0.157. The van der Waals surface area contributed by atoms with Crippen molar-refractivity contribution in [1.29, 1.82) is 0 Å². The molecule has 4 aliphatic carbocycles. The molecule has 2 nitrogen and oxygen atoms in total. The minimum absolute atomic E-state index is 0.410. The van der Waals surface area contributed by atoms with Crippen LogP contribution in [0, 0.1) is 46.3 Å². The van der Waals surface area contributed by atoms with Crippen molar-refractivity contribution in [3.05, 3.63) is 0 Å². The van der Waals surface area contributed by atoms with E-state index in [2.05, 4.69) is 25.7 Å². The first-order valence-corrected chi connectivity index (χ1v) is 11.5. The zero-order valence-electron chi connectivity index (χ0n) is 18.0. The summed E-state index contributed by atoms with van der Waals surface area (Å²) in [6.07, 6.45) is 13.5. The number of hydrogen-bond acceptors (Lipinski definition) is 2. The minimum Gasteiger partial charge on any atom is -0.390 e. The van der Waals surface area contributed by atoms with E-state index in [-0.39, 0.29) is 0 Å². The molecule has 0 amide bonds. The van der Waals surface area contributed by atoms with E-state index >= 15 is 0 Å². The molecule has 4 rings (SSSR count). The van der Waals surface area contributed by atoms with Gasteiger partial charge in [0.15, 0.2) is 0 Å². The molecule has 0 saturated heterocycles. The highest BCUT2D eigenvalue weighted by molar-refractivity contribution is 5.11. The molecule has 27 heavy (non-hydrogen) atoms. The van der Waals surface area contributed by atoms with Crippen molar-refractivity contribution in [2.45, 2.75) is 103 Å². The van der Waals surface area contributed by atoms with Crippen LogP contribution in [-0.4, -0.2) is 23.9 Å². The monoisotopic (exact) mass is 372 g/mol. The summed E-state index contributed by atoms with van der Waals surface area (Å²) in [7, 11) is 1.92. The molecule has 8 atom stereocenters. The number of hydrogen-bond donors (Lipinski definition) is 1. The average Bonchev–Trinajstić information content (AvgIpc) is 2.99. The lowest BCUT2D eigenvalue weighted by atomic mass is 9.44. The van der Waals surface area contributed by atoms with Crippen LogP contribution in [0.3, 0.4) is 0 Å². The van der Waals surface area contributed by atoms with Gasteiger partial charge in [-0.1, -0.05) is 13.8 Å². The summed E-state index contributed by atoms with van der Waals surface area (Å²) in [4.78, 5) is 0.